The minimum atomic E-state index is -0.0260. The molecule has 2 saturated carbocycles. The van der Waals surface area contributed by atoms with Crippen LogP contribution >= 0.6 is 0 Å². The van der Waals surface area contributed by atoms with Gasteiger partial charge in [0.1, 0.15) is 11.5 Å². The first-order valence-electron chi connectivity index (χ1n) is 24.9. The molecule has 13 rings (SSSR count). The van der Waals surface area contributed by atoms with Gasteiger partial charge in [-0.25, -0.2) is 0 Å². The van der Waals surface area contributed by atoms with Gasteiger partial charge in [-0.1, -0.05) is 118 Å². The van der Waals surface area contributed by atoms with Crippen LogP contribution in [0.25, 0.3) is 54.9 Å². The van der Waals surface area contributed by atoms with Crippen molar-refractivity contribution in [1.82, 2.24) is 0 Å². The number of fused-ring (bicyclic) bond motifs is 14. The molecule has 2 aliphatic heterocycles. The molecule has 0 saturated heterocycles. The van der Waals surface area contributed by atoms with Gasteiger partial charge in [-0.15, -0.1) is 0 Å². The third-order valence-corrected chi connectivity index (χ3v) is 18.4. The molecule has 5 aliphatic rings. The smallest absolute Gasteiger partial charge is 0.120 e. The SMILES string of the molecule is COc1cccc(N2c3ccc(-c4ccc5c(c4)Cc4c-5c5ccccc5c5cc(-c6ccc7c(c6)C6(C)CCCC[C@]6(C)N7c6cccc(OC)c6)ccc45)cc3C3(C)CCCCC23C)c1. The number of nitrogens with zero attached hydrogens (tertiary/aromatic N) is 2. The molecule has 334 valence electrons. The molecule has 3 unspecified atom stereocenters. The molecule has 2 fully saturated rings. The van der Waals surface area contributed by atoms with E-state index in [1.807, 2.05) is 0 Å². The van der Waals surface area contributed by atoms with E-state index in [0.717, 1.165) is 24.3 Å². The minimum absolute atomic E-state index is 0.0195. The van der Waals surface area contributed by atoms with Crippen molar-refractivity contribution in [2.75, 3.05) is 24.0 Å². The van der Waals surface area contributed by atoms with E-state index < -0.39 is 0 Å². The van der Waals surface area contributed by atoms with Gasteiger partial charge in [0.05, 0.1) is 25.3 Å². The van der Waals surface area contributed by atoms with Crippen molar-refractivity contribution in [3.05, 3.63) is 168 Å². The Morgan fingerprint density at radius 3 is 1.52 bits per heavy atom. The van der Waals surface area contributed by atoms with Crippen LogP contribution in [0.15, 0.2) is 146 Å². The van der Waals surface area contributed by atoms with Gasteiger partial charge in [-0.2, -0.15) is 0 Å². The second kappa shape index (κ2) is 14.5. The molecule has 0 radical (unpaired) electrons. The second-order valence-electron chi connectivity index (χ2n) is 21.4. The first kappa shape index (κ1) is 40.7. The molecule has 0 spiro atoms. The van der Waals surface area contributed by atoms with Gasteiger partial charge in [0.25, 0.3) is 0 Å². The fraction of sp³-hybridized carbons (Fsp3) is 0.302. The van der Waals surface area contributed by atoms with Crippen LogP contribution in [0.4, 0.5) is 22.7 Å². The Labute approximate surface area is 396 Å². The highest BCUT2D eigenvalue weighted by molar-refractivity contribution is 6.18. The normalized spacial score (nSPS) is 24.5. The molecular weight excluding hydrogens is 817 g/mol. The number of hydrogen-bond donors (Lipinski definition) is 0. The van der Waals surface area contributed by atoms with E-state index in [4.69, 9.17) is 9.47 Å². The summed E-state index contributed by atoms with van der Waals surface area (Å²) in [6.45, 7) is 10.1. The number of rotatable bonds is 6. The third-order valence-electron chi connectivity index (χ3n) is 18.4. The van der Waals surface area contributed by atoms with Crippen molar-refractivity contribution >= 4 is 44.3 Å². The van der Waals surface area contributed by atoms with Crippen molar-refractivity contribution in [2.24, 2.45) is 0 Å². The number of anilines is 4. The molecule has 4 atom stereocenters. The Hall–Kier alpha value is -6.52. The zero-order chi connectivity index (χ0) is 45.5. The number of methoxy groups -OCH3 is 2. The van der Waals surface area contributed by atoms with Crippen molar-refractivity contribution in [3.8, 4) is 44.9 Å². The Kier molecular flexibility index (Phi) is 8.81. The van der Waals surface area contributed by atoms with Crippen molar-refractivity contribution in [3.63, 3.8) is 0 Å². The van der Waals surface area contributed by atoms with Gasteiger partial charge in [-0.3, -0.25) is 0 Å². The molecule has 8 aromatic carbocycles. The topological polar surface area (TPSA) is 24.9 Å². The standard InChI is InChI=1S/C63H60N2O2/c1-60-29-9-11-31-62(60,3)64(45-15-13-17-47(38-45)66-5)57-27-23-42(36-55(57)60)40-21-25-49-44(33-40)35-54-51-26-22-41(34-53(51)50-19-7-8-20-52(50)59(49)54)43-24-28-58-56(37-43)61(2)30-10-12-32-63(61,4)65(58)46-16-14-18-48(39-46)67-6/h7-8,13-28,33-34,36-39H,9-12,29-32,35H2,1-6H3/t60?,61?,62?,63-/m0/s1. The lowest BCUT2D eigenvalue weighted by Crippen LogP contribution is -2.54. The van der Waals surface area contributed by atoms with Gasteiger partial charge < -0.3 is 19.3 Å². The van der Waals surface area contributed by atoms with Crippen LogP contribution in [-0.2, 0) is 17.3 Å². The van der Waals surface area contributed by atoms with E-state index in [0.29, 0.717) is 0 Å². The summed E-state index contributed by atoms with van der Waals surface area (Å²) in [6, 6.07) is 55.7. The van der Waals surface area contributed by atoms with E-state index >= 15 is 0 Å². The highest BCUT2D eigenvalue weighted by Crippen LogP contribution is 2.63. The summed E-state index contributed by atoms with van der Waals surface area (Å²) in [5.74, 6) is 1.81. The molecule has 3 aliphatic carbocycles. The van der Waals surface area contributed by atoms with Gasteiger partial charge in [0.15, 0.2) is 0 Å². The highest BCUT2D eigenvalue weighted by Gasteiger charge is 2.59. The average Bonchev–Trinajstić information content (AvgIpc) is 3.92. The number of ether oxygens (including phenoxy) is 2. The highest BCUT2D eigenvalue weighted by atomic mass is 16.5. The van der Waals surface area contributed by atoms with E-state index in [9.17, 15) is 0 Å². The van der Waals surface area contributed by atoms with Crippen LogP contribution in [-0.4, -0.2) is 25.3 Å². The van der Waals surface area contributed by atoms with E-state index in [2.05, 4.69) is 183 Å². The summed E-state index contributed by atoms with van der Waals surface area (Å²) in [7, 11) is 3.54. The molecule has 8 aromatic rings. The predicted molar refractivity (Wildman–Crippen MR) is 279 cm³/mol. The van der Waals surface area contributed by atoms with Crippen LogP contribution in [0.1, 0.15) is 101 Å². The van der Waals surface area contributed by atoms with Crippen LogP contribution in [0, 0.1) is 0 Å². The fourth-order valence-corrected chi connectivity index (χ4v) is 14.4. The maximum absolute atomic E-state index is 5.73. The molecule has 0 amide bonds. The van der Waals surface area contributed by atoms with Gasteiger partial charge >= 0.3 is 0 Å². The Morgan fingerprint density at radius 2 is 0.940 bits per heavy atom. The quantitative estimate of drug-likeness (QED) is 0.155. The zero-order valence-electron chi connectivity index (χ0n) is 39.9. The first-order valence-corrected chi connectivity index (χ1v) is 24.9. The van der Waals surface area contributed by atoms with Crippen LogP contribution in [0.3, 0.4) is 0 Å². The van der Waals surface area contributed by atoms with Crippen molar-refractivity contribution in [2.45, 2.75) is 107 Å². The van der Waals surface area contributed by atoms with Gasteiger partial charge in [0, 0.05) is 45.7 Å². The molecule has 0 N–H and O–H groups in total. The summed E-state index contributed by atoms with van der Waals surface area (Å²) < 4.78 is 11.5. The molecule has 0 aromatic heterocycles. The first-order chi connectivity index (χ1) is 32.6. The molecule has 2 heterocycles. The largest absolute Gasteiger partial charge is 0.497 e. The van der Waals surface area contributed by atoms with E-state index in [1.54, 1.807) is 14.2 Å². The lowest BCUT2D eigenvalue weighted by atomic mass is 9.61. The second-order valence-corrected chi connectivity index (χ2v) is 21.4. The minimum Gasteiger partial charge on any atom is -0.497 e. The molecule has 4 heteroatoms. The lowest BCUT2D eigenvalue weighted by Gasteiger charge is -2.50. The fourth-order valence-electron chi connectivity index (χ4n) is 14.4. The van der Waals surface area contributed by atoms with Crippen LogP contribution < -0.4 is 19.3 Å². The molecule has 0 bridgehead atoms. The summed E-state index contributed by atoms with van der Waals surface area (Å²) in [5.41, 5.74) is 18.9. The molecule has 67 heavy (non-hydrogen) atoms. The van der Waals surface area contributed by atoms with Crippen LogP contribution in [0.5, 0.6) is 11.5 Å². The van der Waals surface area contributed by atoms with Gasteiger partial charge in [-0.05, 0) is 178 Å². The summed E-state index contributed by atoms with van der Waals surface area (Å²) in [5, 5.41) is 5.39. The number of hydrogen-bond acceptors (Lipinski definition) is 4. The van der Waals surface area contributed by atoms with Gasteiger partial charge in [0.2, 0.25) is 0 Å². The van der Waals surface area contributed by atoms with E-state index in [1.165, 1.54) is 145 Å². The van der Waals surface area contributed by atoms with Crippen molar-refractivity contribution in [1.29, 1.82) is 0 Å². The van der Waals surface area contributed by atoms with E-state index in [-0.39, 0.29) is 21.9 Å². The monoisotopic (exact) mass is 876 g/mol. The Bertz CT molecular complexity index is 3370. The summed E-state index contributed by atoms with van der Waals surface area (Å²) >= 11 is 0. The molecular formula is C63H60N2O2. The Morgan fingerprint density at radius 1 is 0.433 bits per heavy atom. The summed E-state index contributed by atoms with van der Waals surface area (Å²) in [4.78, 5) is 5.28. The lowest BCUT2D eigenvalue weighted by molar-refractivity contribution is 0.195. The predicted octanol–water partition coefficient (Wildman–Crippen LogP) is 16.4. The number of benzene rings is 8. The maximum Gasteiger partial charge on any atom is 0.120 e. The average molecular weight is 877 g/mol. The maximum atomic E-state index is 5.73. The Balaban J connectivity index is 0.885. The van der Waals surface area contributed by atoms with Crippen molar-refractivity contribution < 1.29 is 9.47 Å². The third kappa shape index (κ3) is 5.53. The molecule has 4 nitrogen and oxygen atoms in total. The summed E-state index contributed by atoms with van der Waals surface area (Å²) in [6.07, 6.45) is 10.7. The van der Waals surface area contributed by atoms with Crippen LogP contribution in [0.2, 0.25) is 0 Å². The zero-order valence-corrected chi connectivity index (χ0v) is 39.9.